The third-order valence-corrected chi connectivity index (χ3v) is 4.82. The van der Waals surface area contributed by atoms with Gasteiger partial charge in [0.15, 0.2) is 5.96 Å². The number of guanidine groups is 1. The van der Waals surface area contributed by atoms with Crippen molar-refractivity contribution >= 4 is 17.3 Å². The number of aryl methyl sites for hydroxylation is 1. The molecule has 0 radical (unpaired) electrons. The molecule has 1 saturated heterocycles. The number of aromatic nitrogens is 1. The van der Waals surface area contributed by atoms with Crippen molar-refractivity contribution in [2.75, 3.05) is 26.7 Å². The van der Waals surface area contributed by atoms with Crippen LogP contribution < -0.4 is 10.6 Å². The van der Waals surface area contributed by atoms with Crippen LogP contribution in [0.2, 0.25) is 0 Å². The molecule has 1 aromatic rings. The standard InChI is InChI=1S/C16H29N5S/c1-12(2)11-21-7-5-6-14(21)9-19-16(17-4)20-10-15-18-8-13(3)22-15/h8,12,14H,5-7,9-11H2,1-4H3,(H2,17,19,20)/t14-/m1/s1. The van der Waals surface area contributed by atoms with Crippen LogP contribution in [0.5, 0.6) is 0 Å². The molecular weight excluding hydrogens is 294 g/mol. The van der Waals surface area contributed by atoms with E-state index < -0.39 is 0 Å². The smallest absolute Gasteiger partial charge is 0.191 e. The third kappa shape index (κ3) is 5.25. The number of nitrogens with one attached hydrogen (secondary N) is 2. The molecule has 2 rings (SSSR count). The van der Waals surface area contributed by atoms with Crippen molar-refractivity contribution in [1.82, 2.24) is 20.5 Å². The lowest BCUT2D eigenvalue weighted by Crippen LogP contribution is -2.45. The van der Waals surface area contributed by atoms with Gasteiger partial charge in [-0.1, -0.05) is 13.8 Å². The summed E-state index contributed by atoms with van der Waals surface area (Å²) < 4.78 is 0. The number of hydrogen-bond donors (Lipinski definition) is 2. The maximum atomic E-state index is 4.37. The first-order valence-electron chi connectivity index (χ1n) is 8.18. The first-order valence-corrected chi connectivity index (χ1v) is 9.00. The van der Waals surface area contributed by atoms with Crippen LogP contribution in [-0.4, -0.2) is 48.6 Å². The molecule has 0 bridgehead atoms. The molecule has 22 heavy (non-hydrogen) atoms. The second-order valence-corrected chi connectivity index (χ2v) is 7.68. The molecular formula is C16H29N5S. The van der Waals surface area contributed by atoms with Gasteiger partial charge in [-0.25, -0.2) is 4.98 Å². The molecule has 1 aliphatic rings. The Bertz CT molecular complexity index is 483. The van der Waals surface area contributed by atoms with Crippen LogP contribution >= 0.6 is 11.3 Å². The first-order chi connectivity index (χ1) is 10.6. The van der Waals surface area contributed by atoms with Crippen LogP contribution in [-0.2, 0) is 6.54 Å². The minimum absolute atomic E-state index is 0.628. The molecule has 0 spiro atoms. The van der Waals surface area contributed by atoms with Crippen molar-refractivity contribution in [2.45, 2.75) is 46.2 Å². The van der Waals surface area contributed by atoms with Crippen LogP contribution in [0.4, 0.5) is 0 Å². The average Bonchev–Trinajstić information content (AvgIpc) is 3.08. The van der Waals surface area contributed by atoms with Crippen molar-refractivity contribution in [1.29, 1.82) is 0 Å². The summed E-state index contributed by atoms with van der Waals surface area (Å²) in [6.07, 6.45) is 4.51. The molecule has 5 nitrogen and oxygen atoms in total. The number of rotatable bonds is 6. The third-order valence-electron chi connectivity index (χ3n) is 3.90. The van der Waals surface area contributed by atoms with Crippen molar-refractivity contribution in [3.63, 3.8) is 0 Å². The molecule has 1 aliphatic heterocycles. The minimum atomic E-state index is 0.628. The minimum Gasteiger partial charge on any atom is -0.355 e. The Labute approximate surface area is 138 Å². The second kappa shape index (κ2) is 8.48. The Hall–Kier alpha value is -1.14. The van der Waals surface area contributed by atoms with Crippen LogP contribution in [0.15, 0.2) is 11.2 Å². The fourth-order valence-corrected chi connectivity index (χ4v) is 3.64. The summed E-state index contributed by atoms with van der Waals surface area (Å²) in [5.41, 5.74) is 0. The molecule has 1 aromatic heterocycles. The lowest BCUT2D eigenvalue weighted by molar-refractivity contribution is 0.226. The maximum Gasteiger partial charge on any atom is 0.191 e. The van der Waals surface area contributed by atoms with Crippen molar-refractivity contribution < 1.29 is 0 Å². The lowest BCUT2D eigenvalue weighted by Gasteiger charge is -2.26. The summed E-state index contributed by atoms with van der Waals surface area (Å²) in [5.74, 6) is 1.59. The van der Waals surface area contributed by atoms with Gasteiger partial charge >= 0.3 is 0 Å². The SMILES string of the molecule is CN=C(NCc1ncc(C)s1)NC[C@H]1CCCN1CC(C)C. The fraction of sp³-hybridized carbons (Fsp3) is 0.750. The van der Waals surface area contributed by atoms with Gasteiger partial charge in [-0.2, -0.15) is 0 Å². The summed E-state index contributed by atoms with van der Waals surface area (Å²) in [6, 6.07) is 0.628. The molecule has 2 N–H and O–H groups in total. The van der Waals surface area contributed by atoms with E-state index in [1.54, 1.807) is 11.3 Å². The van der Waals surface area contributed by atoms with E-state index in [0.717, 1.165) is 30.0 Å². The van der Waals surface area contributed by atoms with Gasteiger partial charge < -0.3 is 10.6 Å². The molecule has 6 heteroatoms. The highest BCUT2D eigenvalue weighted by Crippen LogP contribution is 2.17. The zero-order valence-electron chi connectivity index (χ0n) is 14.2. The van der Waals surface area contributed by atoms with Gasteiger partial charge in [0.05, 0.1) is 6.54 Å². The zero-order chi connectivity index (χ0) is 15.9. The van der Waals surface area contributed by atoms with Gasteiger partial charge in [-0.3, -0.25) is 9.89 Å². The molecule has 124 valence electrons. The number of thiazole rings is 1. The van der Waals surface area contributed by atoms with Crippen LogP contribution in [0.3, 0.4) is 0 Å². The van der Waals surface area contributed by atoms with Gasteiger partial charge in [0, 0.05) is 37.3 Å². The summed E-state index contributed by atoms with van der Waals surface area (Å²) in [7, 11) is 1.82. The van der Waals surface area contributed by atoms with E-state index in [0.29, 0.717) is 6.04 Å². The Kier molecular flexibility index (Phi) is 6.64. The van der Waals surface area contributed by atoms with E-state index in [9.17, 15) is 0 Å². The summed E-state index contributed by atoms with van der Waals surface area (Å²) >= 11 is 1.73. The van der Waals surface area contributed by atoms with Crippen molar-refractivity contribution in [3.8, 4) is 0 Å². The Morgan fingerprint density at radius 1 is 1.50 bits per heavy atom. The van der Waals surface area contributed by atoms with Gasteiger partial charge in [-0.15, -0.1) is 11.3 Å². The van der Waals surface area contributed by atoms with Gasteiger partial charge in [0.25, 0.3) is 0 Å². The molecule has 0 aliphatic carbocycles. The van der Waals surface area contributed by atoms with Crippen LogP contribution in [0.25, 0.3) is 0 Å². The van der Waals surface area contributed by atoms with Gasteiger partial charge in [0.1, 0.15) is 5.01 Å². The number of hydrogen-bond acceptors (Lipinski definition) is 4. The topological polar surface area (TPSA) is 52.6 Å². The molecule has 0 saturated carbocycles. The van der Waals surface area contributed by atoms with E-state index in [2.05, 4.69) is 46.3 Å². The molecule has 0 aromatic carbocycles. The van der Waals surface area contributed by atoms with E-state index in [4.69, 9.17) is 0 Å². The van der Waals surface area contributed by atoms with E-state index >= 15 is 0 Å². The Morgan fingerprint density at radius 2 is 2.32 bits per heavy atom. The monoisotopic (exact) mass is 323 g/mol. The largest absolute Gasteiger partial charge is 0.355 e. The Balaban J connectivity index is 1.76. The van der Waals surface area contributed by atoms with Crippen LogP contribution in [0.1, 0.15) is 36.6 Å². The van der Waals surface area contributed by atoms with E-state index in [1.807, 2.05) is 13.2 Å². The highest BCUT2D eigenvalue weighted by atomic mass is 32.1. The van der Waals surface area contributed by atoms with E-state index in [1.165, 1.54) is 30.8 Å². The van der Waals surface area contributed by atoms with Gasteiger partial charge in [-0.05, 0) is 32.2 Å². The summed E-state index contributed by atoms with van der Waals surface area (Å²) in [6.45, 7) is 10.8. The maximum absolute atomic E-state index is 4.37. The number of nitrogens with zero attached hydrogens (tertiary/aromatic N) is 3. The number of aliphatic imine (C=N–C) groups is 1. The van der Waals surface area contributed by atoms with Gasteiger partial charge in [0.2, 0.25) is 0 Å². The highest BCUT2D eigenvalue weighted by Gasteiger charge is 2.24. The molecule has 2 heterocycles. The highest BCUT2D eigenvalue weighted by molar-refractivity contribution is 7.11. The number of likely N-dealkylation sites (tertiary alicyclic amines) is 1. The van der Waals surface area contributed by atoms with Crippen molar-refractivity contribution in [2.24, 2.45) is 10.9 Å². The molecule has 1 atom stereocenters. The summed E-state index contributed by atoms with van der Waals surface area (Å²) in [4.78, 5) is 12.5. The predicted molar refractivity (Wildman–Crippen MR) is 94.5 cm³/mol. The molecule has 1 fully saturated rings. The lowest BCUT2D eigenvalue weighted by atomic mass is 10.1. The zero-order valence-corrected chi connectivity index (χ0v) is 15.0. The predicted octanol–water partition coefficient (Wildman–Crippen LogP) is 2.24. The van der Waals surface area contributed by atoms with E-state index in [-0.39, 0.29) is 0 Å². The molecule has 0 amide bonds. The fourth-order valence-electron chi connectivity index (χ4n) is 2.91. The Morgan fingerprint density at radius 3 is 2.95 bits per heavy atom. The normalized spacial score (nSPS) is 19.9. The molecule has 0 unspecified atom stereocenters. The average molecular weight is 324 g/mol. The summed E-state index contributed by atoms with van der Waals surface area (Å²) in [5, 5.41) is 7.91. The van der Waals surface area contributed by atoms with Crippen molar-refractivity contribution in [3.05, 3.63) is 16.1 Å². The quantitative estimate of drug-likeness (QED) is 0.623. The first kappa shape index (κ1) is 17.2. The van der Waals surface area contributed by atoms with Crippen LogP contribution in [0, 0.1) is 12.8 Å². The second-order valence-electron chi connectivity index (χ2n) is 6.36.